The second kappa shape index (κ2) is 9.92. The molecule has 0 bridgehead atoms. The molecule has 0 atom stereocenters. The van der Waals surface area contributed by atoms with Gasteiger partial charge in [-0.3, -0.25) is 9.59 Å². The van der Waals surface area contributed by atoms with Crippen LogP contribution in [0.15, 0.2) is 71.9 Å². The number of hydrogen-bond acceptors (Lipinski definition) is 4. The molecule has 33 heavy (non-hydrogen) atoms. The number of benzene rings is 3. The van der Waals surface area contributed by atoms with Crippen LogP contribution in [0.2, 0.25) is 0 Å². The van der Waals surface area contributed by atoms with Crippen molar-refractivity contribution in [3.05, 3.63) is 89.0 Å². The molecule has 2 N–H and O–H groups in total. The van der Waals surface area contributed by atoms with E-state index in [1.807, 2.05) is 68.4 Å². The molecule has 4 rings (SSSR count). The van der Waals surface area contributed by atoms with E-state index in [2.05, 4.69) is 15.3 Å². The Morgan fingerprint density at radius 2 is 1.76 bits per heavy atom. The van der Waals surface area contributed by atoms with Gasteiger partial charge in [-0.1, -0.05) is 48.2 Å². The highest BCUT2D eigenvalue weighted by Gasteiger charge is 2.16. The maximum atomic E-state index is 12.8. The Morgan fingerprint density at radius 3 is 2.52 bits per heavy atom. The van der Waals surface area contributed by atoms with Gasteiger partial charge in [0.05, 0.1) is 17.6 Å². The van der Waals surface area contributed by atoms with E-state index in [0.29, 0.717) is 5.56 Å². The molecule has 0 aliphatic rings. The molecule has 4 aromatic rings. The fourth-order valence-corrected chi connectivity index (χ4v) is 4.32. The molecule has 0 aliphatic carbocycles. The number of aromatic amines is 1. The van der Waals surface area contributed by atoms with E-state index in [0.717, 1.165) is 44.3 Å². The van der Waals surface area contributed by atoms with Gasteiger partial charge in [-0.15, -0.1) is 0 Å². The van der Waals surface area contributed by atoms with Gasteiger partial charge in [0.15, 0.2) is 5.16 Å². The lowest BCUT2D eigenvalue weighted by Gasteiger charge is -2.18. The normalized spacial score (nSPS) is 10.9. The molecule has 0 unspecified atom stereocenters. The minimum Gasteiger partial charge on any atom is -0.333 e. The number of carbonyl (C=O) groups excluding carboxylic acids is 2. The first-order chi connectivity index (χ1) is 15.9. The van der Waals surface area contributed by atoms with Crippen LogP contribution in [-0.2, 0) is 10.5 Å². The molecule has 0 saturated carbocycles. The number of likely N-dealkylation sites (N-methyl/N-ethyl adjacent to an activating group) is 1. The Labute approximate surface area is 197 Å². The second-order valence-electron chi connectivity index (χ2n) is 8.00. The van der Waals surface area contributed by atoms with Crippen LogP contribution in [0.25, 0.3) is 11.0 Å². The number of thioether (sulfide) groups is 1. The van der Waals surface area contributed by atoms with Gasteiger partial charge in [-0.05, 0) is 60.9 Å². The third-order valence-corrected chi connectivity index (χ3v) is 6.49. The van der Waals surface area contributed by atoms with Gasteiger partial charge in [0, 0.05) is 24.1 Å². The van der Waals surface area contributed by atoms with E-state index >= 15 is 0 Å². The summed E-state index contributed by atoms with van der Waals surface area (Å²) in [5.41, 5.74) is 6.51. The molecule has 7 heteroatoms. The topological polar surface area (TPSA) is 78.1 Å². The van der Waals surface area contributed by atoms with Crippen molar-refractivity contribution >= 4 is 40.3 Å². The first-order valence-corrected chi connectivity index (χ1v) is 11.7. The number of H-pyrrole nitrogens is 1. The lowest BCUT2D eigenvalue weighted by Crippen LogP contribution is -2.35. The van der Waals surface area contributed by atoms with Crippen molar-refractivity contribution in [1.29, 1.82) is 0 Å². The standard InChI is InChI=1S/C26H26N4O2S/c1-17-7-6-10-21(18(17)2)27-24(31)15-30(3)25(32)20-13-11-19(12-14-20)16-33-26-28-22-8-4-5-9-23(22)29-26/h4-14H,15-16H2,1-3H3,(H,27,31)(H,28,29). The Morgan fingerprint density at radius 1 is 1.00 bits per heavy atom. The summed E-state index contributed by atoms with van der Waals surface area (Å²) in [4.78, 5) is 34.5. The zero-order valence-corrected chi connectivity index (χ0v) is 19.7. The number of para-hydroxylation sites is 2. The lowest BCUT2D eigenvalue weighted by atomic mass is 10.1. The van der Waals surface area contributed by atoms with Crippen LogP contribution in [0, 0.1) is 13.8 Å². The first-order valence-electron chi connectivity index (χ1n) is 10.7. The molecule has 3 aromatic carbocycles. The molecule has 0 radical (unpaired) electrons. The largest absolute Gasteiger partial charge is 0.333 e. The van der Waals surface area contributed by atoms with Gasteiger partial charge in [0.25, 0.3) is 5.91 Å². The predicted octanol–water partition coefficient (Wildman–Crippen LogP) is 5.18. The van der Waals surface area contributed by atoms with E-state index in [1.165, 1.54) is 4.90 Å². The van der Waals surface area contributed by atoms with Crippen molar-refractivity contribution in [3.8, 4) is 0 Å². The van der Waals surface area contributed by atoms with Gasteiger partial charge in [-0.25, -0.2) is 4.98 Å². The van der Waals surface area contributed by atoms with Crippen LogP contribution in [0.1, 0.15) is 27.0 Å². The number of nitrogens with zero attached hydrogens (tertiary/aromatic N) is 2. The van der Waals surface area contributed by atoms with Gasteiger partial charge < -0.3 is 15.2 Å². The Kier molecular flexibility index (Phi) is 6.79. The van der Waals surface area contributed by atoms with Crippen molar-refractivity contribution in [2.75, 3.05) is 18.9 Å². The average molecular weight is 459 g/mol. The minimum absolute atomic E-state index is 0.0180. The Bertz CT molecular complexity index is 1260. The highest BCUT2D eigenvalue weighted by Crippen LogP contribution is 2.23. The van der Waals surface area contributed by atoms with Gasteiger partial charge in [0.2, 0.25) is 5.91 Å². The smallest absolute Gasteiger partial charge is 0.254 e. The number of nitrogens with one attached hydrogen (secondary N) is 2. The molecule has 0 spiro atoms. The summed E-state index contributed by atoms with van der Waals surface area (Å²) in [5, 5.41) is 3.76. The van der Waals surface area contributed by atoms with Crippen molar-refractivity contribution in [3.63, 3.8) is 0 Å². The maximum Gasteiger partial charge on any atom is 0.254 e. The van der Waals surface area contributed by atoms with Crippen molar-refractivity contribution in [2.24, 2.45) is 0 Å². The fraction of sp³-hybridized carbons (Fsp3) is 0.192. The van der Waals surface area contributed by atoms with Crippen LogP contribution in [-0.4, -0.2) is 40.3 Å². The van der Waals surface area contributed by atoms with E-state index in [1.54, 1.807) is 30.9 Å². The van der Waals surface area contributed by atoms with E-state index in [9.17, 15) is 9.59 Å². The number of aryl methyl sites for hydroxylation is 1. The molecular formula is C26H26N4O2S. The van der Waals surface area contributed by atoms with E-state index in [-0.39, 0.29) is 18.4 Å². The SMILES string of the molecule is Cc1cccc(NC(=O)CN(C)C(=O)c2ccc(CSc3nc4ccccc4[nH]3)cc2)c1C. The number of anilines is 1. The number of amides is 2. The number of hydrogen-bond donors (Lipinski definition) is 2. The van der Waals surface area contributed by atoms with Crippen LogP contribution < -0.4 is 5.32 Å². The van der Waals surface area contributed by atoms with Crippen molar-refractivity contribution in [2.45, 2.75) is 24.8 Å². The molecule has 0 fully saturated rings. The predicted molar refractivity (Wildman–Crippen MR) is 134 cm³/mol. The first kappa shape index (κ1) is 22.6. The third kappa shape index (κ3) is 5.43. The summed E-state index contributed by atoms with van der Waals surface area (Å²) in [6.45, 7) is 3.95. The molecular weight excluding hydrogens is 432 g/mol. The summed E-state index contributed by atoms with van der Waals surface area (Å²) in [7, 11) is 1.64. The second-order valence-corrected chi connectivity index (χ2v) is 8.97. The minimum atomic E-state index is -0.224. The number of fused-ring (bicyclic) bond motifs is 1. The van der Waals surface area contributed by atoms with Gasteiger partial charge in [0.1, 0.15) is 0 Å². The number of aromatic nitrogens is 2. The van der Waals surface area contributed by atoms with E-state index in [4.69, 9.17) is 0 Å². The van der Waals surface area contributed by atoms with Crippen LogP contribution in [0.4, 0.5) is 5.69 Å². The quantitative estimate of drug-likeness (QED) is 0.374. The van der Waals surface area contributed by atoms with Crippen LogP contribution in [0.3, 0.4) is 0 Å². The summed E-state index contributed by atoms with van der Waals surface area (Å²) in [6, 6.07) is 21.2. The monoisotopic (exact) mass is 458 g/mol. The Balaban J connectivity index is 1.32. The van der Waals surface area contributed by atoms with E-state index < -0.39 is 0 Å². The summed E-state index contributed by atoms with van der Waals surface area (Å²) in [6.07, 6.45) is 0. The summed E-state index contributed by atoms with van der Waals surface area (Å²) < 4.78 is 0. The van der Waals surface area contributed by atoms with Crippen molar-refractivity contribution in [1.82, 2.24) is 14.9 Å². The highest BCUT2D eigenvalue weighted by molar-refractivity contribution is 7.98. The zero-order valence-electron chi connectivity index (χ0n) is 18.9. The lowest BCUT2D eigenvalue weighted by molar-refractivity contribution is -0.116. The molecule has 1 aromatic heterocycles. The summed E-state index contributed by atoms with van der Waals surface area (Å²) >= 11 is 1.62. The molecule has 2 amide bonds. The summed E-state index contributed by atoms with van der Waals surface area (Å²) in [5.74, 6) is 0.323. The molecule has 6 nitrogen and oxygen atoms in total. The number of rotatable bonds is 7. The van der Waals surface area contributed by atoms with Gasteiger partial charge >= 0.3 is 0 Å². The molecule has 1 heterocycles. The maximum absolute atomic E-state index is 12.8. The number of imidazole rings is 1. The van der Waals surface area contributed by atoms with Crippen molar-refractivity contribution < 1.29 is 9.59 Å². The third-order valence-electron chi connectivity index (χ3n) is 5.55. The van der Waals surface area contributed by atoms with Crippen LogP contribution >= 0.6 is 11.8 Å². The van der Waals surface area contributed by atoms with Crippen LogP contribution in [0.5, 0.6) is 0 Å². The van der Waals surface area contributed by atoms with Gasteiger partial charge in [-0.2, -0.15) is 0 Å². The molecule has 0 saturated heterocycles. The highest BCUT2D eigenvalue weighted by atomic mass is 32.2. The molecule has 0 aliphatic heterocycles. The average Bonchev–Trinajstić information content (AvgIpc) is 3.23. The molecule has 168 valence electrons. The fourth-order valence-electron chi connectivity index (χ4n) is 3.48. The zero-order chi connectivity index (χ0) is 23.4. The Hall–Kier alpha value is -3.58. The number of carbonyl (C=O) groups is 2.